The highest BCUT2D eigenvalue weighted by Crippen LogP contribution is 2.24. The van der Waals surface area contributed by atoms with Crippen LogP contribution in [0.1, 0.15) is 17.3 Å². The number of anilines is 1. The van der Waals surface area contributed by atoms with Crippen molar-refractivity contribution in [1.29, 1.82) is 0 Å². The Morgan fingerprint density at radius 1 is 1.16 bits per heavy atom. The number of nitro benzene ring substituents is 1. The van der Waals surface area contributed by atoms with Gasteiger partial charge in [0, 0.05) is 36.5 Å². The molecule has 0 aliphatic rings. The molecule has 0 aliphatic heterocycles. The highest BCUT2D eigenvalue weighted by molar-refractivity contribution is 7.92. The molecule has 0 fully saturated rings. The van der Waals surface area contributed by atoms with Gasteiger partial charge in [0.1, 0.15) is 5.82 Å². The number of ether oxygens (including phenoxy) is 1. The number of rotatable bonds is 9. The molecule has 0 atom stereocenters. The van der Waals surface area contributed by atoms with Crippen LogP contribution in [-0.4, -0.2) is 37.0 Å². The van der Waals surface area contributed by atoms with Gasteiger partial charge in [0.2, 0.25) is 0 Å². The SMILES string of the molecule is CCOCCn1c(=NC(=O)c2cccc(NS(=O)(=O)c3ccc(F)cc3)c2)sc2cc([N+](=O)[O-])ccc21. The van der Waals surface area contributed by atoms with Crippen molar-refractivity contribution in [3.63, 3.8) is 0 Å². The second-order valence-electron chi connectivity index (χ2n) is 7.70. The molecule has 0 bridgehead atoms. The molecule has 13 heteroatoms. The molecule has 37 heavy (non-hydrogen) atoms. The van der Waals surface area contributed by atoms with Crippen molar-refractivity contribution in [3.05, 3.63) is 93.0 Å². The summed E-state index contributed by atoms with van der Waals surface area (Å²) < 4.78 is 48.5. The second kappa shape index (κ2) is 11.0. The van der Waals surface area contributed by atoms with Gasteiger partial charge < -0.3 is 9.30 Å². The first kappa shape index (κ1) is 26.1. The lowest BCUT2D eigenvalue weighted by Crippen LogP contribution is -2.20. The van der Waals surface area contributed by atoms with Crippen LogP contribution in [0.5, 0.6) is 0 Å². The number of carbonyl (C=O) groups excluding carboxylic acids is 1. The van der Waals surface area contributed by atoms with Crippen LogP contribution in [0.4, 0.5) is 15.8 Å². The number of thiazole rings is 1. The number of carbonyl (C=O) groups is 1. The van der Waals surface area contributed by atoms with E-state index in [9.17, 15) is 27.7 Å². The van der Waals surface area contributed by atoms with Gasteiger partial charge in [0.25, 0.3) is 21.6 Å². The lowest BCUT2D eigenvalue weighted by atomic mass is 10.2. The largest absolute Gasteiger partial charge is 0.380 e. The van der Waals surface area contributed by atoms with Crippen molar-refractivity contribution in [2.45, 2.75) is 18.4 Å². The number of amides is 1. The molecule has 0 saturated carbocycles. The summed E-state index contributed by atoms with van der Waals surface area (Å²) in [7, 11) is -4.01. The van der Waals surface area contributed by atoms with Crippen LogP contribution in [0.2, 0.25) is 0 Å². The van der Waals surface area contributed by atoms with Crippen LogP contribution in [0, 0.1) is 15.9 Å². The summed E-state index contributed by atoms with van der Waals surface area (Å²) in [5.74, 6) is -1.20. The Balaban J connectivity index is 1.67. The molecular weight excluding hydrogens is 523 g/mol. The van der Waals surface area contributed by atoms with E-state index in [-0.39, 0.29) is 21.8 Å². The van der Waals surface area contributed by atoms with Gasteiger partial charge in [-0.05, 0) is 55.5 Å². The van der Waals surface area contributed by atoms with Gasteiger partial charge in [-0.2, -0.15) is 4.99 Å². The third-order valence-corrected chi connectivity index (χ3v) is 7.66. The van der Waals surface area contributed by atoms with Crippen LogP contribution in [-0.2, 0) is 21.3 Å². The first-order chi connectivity index (χ1) is 17.7. The Morgan fingerprint density at radius 3 is 2.62 bits per heavy atom. The number of hydrogen-bond acceptors (Lipinski definition) is 7. The zero-order valence-electron chi connectivity index (χ0n) is 19.5. The van der Waals surface area contributed by atoms with Crippen LogP contribution in [0.25, 0.3) is 10.2 Å². The molecule has 192 valence electrons. The first-order valence-corrected chi connectivity index (χ1v) is 13.3. The zero-order valence-corrected chi connectivity index (χ0v) is 21.1. The summed E-state index contributed by atoms with van der Waals surface area (Å²) in [6.07, 6.45) is 0. The lowest BCUT2D eigenvalue weighted by molar-refractivity contribution is -0.384. The van der Waals surface area contributed by atoms with Crippen LogP contribution < -0.4 is 9.52 Å². The minimum atomic E-state index is -4.01. The number of aromatic nitrogens is 1. The van der Waals surface area contributed by atoms with Gasteiger partial charge in [0.15, 0.2) is 4.80 Å². The van der Waals surface area contributed by atoms with E-state index >= 15 is 0 Å². The molecule has 0 radical (unpaired) electrons. The number of nitro groups is 1. The van der Waals surface area contributed by atoms with Gasteiger partial charge in [-0.1, -0.05) is 17.4 Å². The molecule has 1 N–H and O–H groups in total. The molecule has 4 aromatic rings. The fraction of sp³-hybridized carbons (Fsp3) is 0.167. The second-order valence-corrected chi connectivity index (χ2v) is 10.4. The summed E-state index contributed by atoms with van der Waals surface area (Å²) in [6.45, 7) is 3.07. The number of non-ortho nitro benzene ring substituents is 1. The van der Waals surface area contributed by atoms with Crippen molar-refractivity contribution in [1.82, 2.24) is 4.57 Å². The van der Waals surface area contributed by atoms with Gasteiger partial charge in [-0.25, -0.2) is 12.8 Å². The molecule has 1 amide bonds. The zero-order chi connectivity index (χ0) is 26.6. The summed E-state index contributed by atoms with van der Waals surface area (Å²) in [4.78, 5) is 28.1. The fourth-order valence-corrected chi connectivity index (χ4v) is 5.61. The van der Waals surface area contributed by atoms with Crippen molar-refractivity contribution >= 4 is 48.9 Å². The lowest BCUT2D eigenvalue weighted by Gasteiger charge is -2.09. The summed E-state index contributed by atoms with van der Waals surface area (Å²) >= 11 is 1.12. The Kier molecular flexibility index (Phi) is 7.76. The van der Waals surface area contributed by atoms with Crippen LogP contribution in [0.3, 0.4) is 0 Å². The molecule has 10 nitrogen and oxygen atoms in total. The topological polar surface area (TPSA) is 133 Å². The molecule has 1 aromatic heterocycles. The number of sulfonamides is 1. The third-order valence-electron chi connectivity index (χ3n) is 5.22. The Hall–Kier alpha value is -3.94. The van der Waals surface area contributed by atoms with Gasteiger partial charge >= 0.3 is 0 Å². The van der Waals surface area contributed by atoms with Gasteiger partial charge in [0.05, 0.1) is 26.6 Å². The highest BCUT2D eigenvalue weighted by Gasteiger charge is 2.16. The maximum absolute atomic E-state index is 13.2. The molecule has 0 unspecified atom stereocenters. The standard InChI is InChI=1S/C24H21FN4O6S2/c1-2-35-13-12-28-21-11-8-19(29(31)32)15-22(21)36-24(28)26-23(30)16-4-3-5-18(14-16)27-37(33,34)20-9-6-17(25)7-10-20/h3-11,14-15,27H,2,12-13H2,1H3. The minimum Gasteiger partial charge on any atom is -0.380 e. The molecular formula is C24H21FN4O6S2. The number of fused-ring (bicyclic) bond motifs is 1. The molecule has 1 heterocycles. The predicted octanol–water partition coefficient (Wildman–Crippen LogP) is 4.33. The van der Waals surface area contributed by atoms with Crippen molar-refractivity contribution in [3.8, 4) is 0 Å². The molecule has 0 aliphatic carbocycles. The number of nitrogens with one attached hydrogen (secondary N) is 1. The van der Waals surface area contributed by atoms with Gasteiger partial charge in [-0.3, -0.25) is 19.6 Å². The fourth-order valence-electron chi connectivity index (χ4n) is 3.47. The van der Waals surface area contributed by atoms with Crippen molar-refractivity contribution in [2.75, 3.05) is 17.9 Å². The van der Waals surface area contributed by atoms with Crippen LogP contribution >= 0.6 is 11.3 Å². The maximum atomic E-state index is 13.2. The monoisotopic (exact) mass is 544 g/mol. The summed E-state index contributed by atoms with van der Waals surface area (Å²) in [5, 5.41) is 11.2. The number of nitrogens with zero attached hydrogens (tertiary/aromatic N) is 3. The molecule has 0 spiro atoms. The minimum absolute atomic E-state index is 0.0790. The summed E-state index contributed by atoms with van der Waals surface area (Å²) in [6, 6.07) is 14.6. The average molecular weight is 545 g/mol. The predicted molar refractivity (Wildman–Crippen MR) is 137 cm³/mol. The van der Waals surface area contributed by atoms with E-state index in [0.717, 1.165) is 35.6 Å². The normalized spacial score (nSPS) is 12.1. The van der Waals surface area contributed by atoms with E-state index in [1.54, 1.807) is 10.6 Å². The van der Waals surface area contributed by atoms with Crippen LogP contribution in [0.15, 0.2) is 76.6 Å². The Bertz CT molecular complexity index is 1650. The average Bonchev–Trinajstić information content (AvgIpc) is 3.20. The molecule has 0 saturated heterocycles. The Labute approximate surface area is 214 Å². The van der Waals surface area contributed by atoms with Crippen molar-refractivity contribution in [2.24, 2.45) is 4.99 Å². The quantitative estimate of drug-likeness (QED) is 0.189. The number of halogens is 1. The van der Waals surface area contributed by atoms with E-state index in [0.29, 0.717) is 34.8 Å². The maximum Gasteiger partial charge on any atom is 0.279 e. The van der Waals surface area contributed by atoms with E-state index in [1.165, 1.54) is 36.4 Å². The van der Waals surface area contributed by atoms with E-state index in [1.807, 2.05) is 6.92 Å². The highest BCUT2D eigenvalue weighted by atomic mass is 32.2. The third kappa shape index (κ3) is 6.07. The van der Waals surface area contributed by atoms with Gasteiger partial charge in [-0.15, -0.1) is 0 Å². The summed E-state index contributed by atoms with van der Waals surface area (Å²) in [5.41, 5.74) is 0.841. The first-order valence-electron chi connectivity index (χ1n) is 11.0. The number of hydrogen-bond donors (Lipinski definition) is 1. The van der Waals surface area contributed by atoms with E-state index in [2.05, 4.69) is 9.71 Å². The molecule has 4 rings (SSSR count). The molecule has 3 aromatic carbocycles. The number of benzene rings is 3. The van der Waals surface area contributed by atoms with E-state index in [4.69, 9.17) is 4.74 Å². The smallest absolute Gasteiger partial charge is 0.279 e. The van der Waals surface area contributed by atoms with E-state index < -0.39 is 26.7 Å². The Morgan fingerprint density at radius 2 is 1.92 bits per heavy atom. The van der Waals surface area contributed by atoms with Crippen molar-refractivity contribution < 1.29 is 27.3 Å².